The summed E-state index contributed by atoms with van der Waals surface area (Å²) in [4.78, 5) is 2.69. The highest BCUT2D eigenvalue weighted by molar-refractivity contribution is 4.92. The lowest BCUT2D eigenvalue weighted by atomic mass is 9.79. The second-order valence-electron chi connectivity index (χ2n) is 6.72. The van der Waals surface area contributed by atoms with Crippen LogP contribution in [-0.2, 0) is 4.74 Å². The summed E-state index contributed by atoms with van der Waals surface area (Å²) in [6.07, 6.45) is 9.16. The van der Waals surface area contributed by atoms with Gasteiger partial charge in [0, 0.05) is 31.3 Å². The Balaban J connectivity index is 1.96. The summed E-state index contributed by atoms with van der Waals surface area (Å²) in [7, 11) is 2.36. The average Bonchev–Trinajstić information content (AvgIpc) is 2.53. The van der Waals surface area contributed by atoms with E-state index in [1.54, 1.807) is 0 Å². The van der Waals surface area contributed by atoms with Gasteiger partial charge in [-0.3, -0.25) is 4.90 Å². The quantitative estimate of drug-likeness (QED) is 0.810. The van der Waals surface area contributed by atoms with Gasteiger partial charge in [0.15, 0.2) is 0 Å². The number of likely N-dealkylation sites (N-methyl/N-ethyl adjacent to an activating group) is 1. The lowest BCUT2D eigenvalue weighted by Crippen LogP contribution is -2.55. The number of hydrogen-bond acceptors (Lipinski definition) is 3. The lowest BCUT2D eigenvalue weighted by molar-refractivity contribution is 0.00800. The van der Waals surface area contributed by atoms with Gasteiger partial charge >= 0.3 is 0 Å². The van der Waals surface area contributed by atoms with Gasteiger partial charge in [-0.1, -0.05) is 20.3 Å². The molecule has 1 N–H and O–H groups in total. The molecule has 0 radical (unpaired) electrons. The van der Waals surface area contributed by atoms with Crippen LogP contribution in [0.15, 0.2) is 0 Å². The molecule has 2 rings (SSSR count). The van der Waals surface area contributed by atoms with Crippen LogP contribution in [0.3, 0.4) is 0 Å². The third-order valence-corrected chi connectivity index (χ3v) is 5.45. The Kier molecular flexibility index (Phi) is 6.79. The van der Waals surface area contributed by atoms with Gasteiger partial charge < -0.3 is 10.1 Å². The molecule has 3 nitrogen and oxygen atoms in total. The standard InChI is InChI=1S/C17H34N2O/c1-4-10-18-16-7-6-14(5-2)13-17(16)19(3)15-8-11-20-12-9-15/h14-18H,4-13H2,1-3H3. The van der Waals surface area contributed by atoms with Crippen LogP contribution in [0.1, 0.15) is 58.8 Å². The Labute approximate surface area is 125 Å². The molecule has 3 unspecified atom stereocenters. The van der Waals surface area contributed by atoms with E-state index < -0.39 is 0 Å². The minimum Gasteiger partial charge on any atom is -0.381 e. The highest BCUT2D eigenvalue weighted by Crippen LogP contribution is 2.31. The molecule has 1 aliphatic heterocycles. The predicted molar refractivity (Wildman–Crippen MR) is 85.1 cm³/mol. The van der Waals surface area contributed by atoms with E-state index in [0.29, 0.717) is 6.04 Å². The molecule has 118 valence electrons. The van der Waals surface area contributed by atoms with Crippen LogP contribution in [0.4, 0.5) is 0 Å². The largest absolute Gasteiger partial charge is 0.381 e. The second-order valence-corrected chi connectivity index (χ2v) is 6.72. The maximum Gasteiger partial charge on any atom is 0.0480 e. The molecule has 1 aliphatic carbocycles. The van der Waals surface area contributed by atoms with E-state index >= 15 is 0 Å². The summed E-state index contributed by atoms with van der Waals surface area (Å²) >= 11 is 0. The van der Waals surface area contributed by atoms with E-state index in [4.69, 9.17) is 4.74 Å². The summed E-state index contributed by atoms with van der Waals surface area (Å²) < 4.78 is 5.53. The molecule has 20 heavy (non-hydrogen) atoms. The molecule has 1 saturated carbocycles. The third-order valence-electron chi connectivity index (χ3n) is 5.45. The van der Waals surface area contributed by atoms with Crippen molar-refractivity contribution in [3.05, 3.63) is 0 Å². The molecule has 3 heteroatoms. The Morgan fingerprint density at radius 1 is 1.10 bits per heavy atom. The van der Waals surface area contributed by atoms with Gasteiger partial charge in [0.25, 0.3) is 0 Å². The molecule has 0 aromatic heterocycles. The first-order valence-corrected chi connectivity index (χ1v) is 8.79. The molecule has 2 fully saturated rings. The SMILES string of the molecule is CCCNC1CCC(CC)CC1N(C)C1CCOCC1. The Morgan fingerprint density at radius 2 is 1.85 bits per heavy atom. The van der Waals surface area contributed by atoms with E-state index in [-0.39, 0.29) is 0 Å². The molecule has 0 spiro atoms. The van der Waals surface area contributed by atoms with Crippen molar-refractivity contribution in [1.82, 2.24) is 10.2 Å². The van der Waals surface area contributed by atoms with Crippen LogP contribution < -0.4 is 5.32 Å². The third kappa shape index (κ3) is 4.19. The fourth-order valence-electron chi connectivity index (χ4n) is 3.98. The van der Waals surface area contributed by atoms with Gasteiger partial charge in [-0.15, -0.1) is 0 Å². The van der Waals surface area contributed by atoms with Gasteiger partial charge in [-0.05, 0) is 58.0 Å². The Morgan fingerprint density at radius 3 is 2.50 bits per heavy atom. The first-order valence-electron chi connectivity index (χ1n) is 8.79. The van der Waals surface area contributed by atoms with Gasteiger partial charge in [0.1, 0.15) is 0 Å². The highest BCUT2D eigenvalue weighted by Gasteiger charge is 2.35. The number of hydrogen-bond donors (Lipinski definition) is 1. The first-order chi connectivity index (χ1) is 9.76. The smallest absolute Gasteiger partial charge is 0.0480 e. The minimum atomic E-state index is 0.700. The number of nitrogens with one attached hydrogen (secondary N) is 1. The molecular weight excluding hydrogens is 248 g/mol. The first kappa shape index (κ1) is 16.3. The van der Waals surface area contributed by atoms with E-state index in [0.717, 1.165) is 31.2 Å². The summed E-state index contributed by atoms with van der Waals surface area (Å²) in [5.74, 6) is 0.932. The summed E-state index contributed by atoms with van der Waals surface area (Å²) in [6.45, 7) is 7.69. The minimum absolute atomic E-state index is 0.700. The number of nitrogens with zero attached hydrogens (tertiary/aromatic N) is 1. The molecule has 0 aromatic carbocycles. The maximum atomic E-state index is 5.53. The van der Waals surface area contributed by atoms with Crippen LogP contribution in [0.25, 0.3) is 0 Å². The van der Waals surface area contributed by atoms with Crippen molar-refractivity contribution < 1.29 is 4.74 Å². The van der Waals surface area contributed by atoms with Crippen LogP contribution in [0, 0.1) is 5.92 Å². The van der Waals surface area contributed by atoms with Crippen molar-refractivity contribution in [1.29, 1.82) is 0 Å². The zero-order chi connectivity index (χ0) is 14.4. The molecule has 0 aromatic rings. The summed E-state index contributed by atoms with van der Waals surface area (Å²) in [6, 6.07) is 2.16. The second kappa shape index (κ2) is 8.35. The Bertz CT molecular complexity index is 266. The zero-order valence-electron chi connectivity index (χ0n) is 13.7. The van der Waals surface area contributed by atoms with E-state index in [1.807, 2.05) is 0 Å². The lowest BCUT2D eigenvalue weighted by Gasteiger charge is -2.45. The average molecular weight is 282 g/mol. The van der Waals surface area contributed by atoms with E-state index in [2.05, 4.69) is 31.1 Å². The monoisotopic (exact) mass is 282 g/mol. The van der Waals surface area contributed by atoms with Gasteiger partial charge in [0.05, 0.1) is 0 Å². The van der Waals surface area contributed by atoms with Crippen LogP contribution in [0.2, 0.25) is 0 Å². The Hall–Kier alpha value is -0.120. The van der Waals surface area contributed by atoms with Crippen LogP contribution in [-0.4, -0.2) is 49.8 Å². The van der Waals surface area contributed by atoms with Crippen molar-refractivity contribution in [2.45, 2.75) is 76.9 Å². The molecule has 2 aliphatic rings. The highest BCUT2D eigenvalue weighted by atomic mass is 16.5. The topological polar surface area (TPSA) is 24.5 Å². The van der Waals surface area contributed by atoms with E-state index in [1.165, 1.54) is 51.5 Å². The molecule has 1 saturated heterocycles. The van der Waals surface area contributed by atoms with Crippen molar-refractivity contribution in [2.24, 2.45) is 5.92 Å². The predicted octanol–water partition coefficient (Wildman–Crippen LogP) is 3.04. The van der Waals surface area contributed by atoms with Crippen molar-refractivity contribution >= 4 is 0 Å². The summed E-state index contributed by atoms with van der Waals surface area (Å²) in [5, 5.41) is 3.81. The van der Waals surface area contributed by atoms with E-state index in [9.17, 15) is 0 Å². The van der Waals surface area contributed by atoms with Crippen molar-refractivity contribution in [3.8, 4) is 0 Å². The fraction of sp³-hybridized carbons (Fsp3) is 1.00. The maximum absolute atomic E-state index is 5.53. The van der Waals surface area contributed by atoms with Gasteiger partial charge in [-0.2, -0.15) is 0 Å². The van der Waals surface area contributed by atoms with Gasteiger partial charge in [0.2, 0.25) is 0 Å². The van der Waals surface area contributed by atoms with Crippen LogP contribution >= 0.6 is 0 Å². The zero-order valence-corrected chi connectivity index (χ0v) is 13.7. The molecule has 3 atom stereocenters. The number of rotatable bonds is 6. The number of ether oxygens (including phenoxy) is 1. The molecule has 0 amide bonds. The normalized spacial score (nSPS) is 32.7. The molecular formula is C17H34N2O. The van der Waals surface area contributed by atoms with Gasteiger partial charge in [-0.25, -0.2) is 0 Å². The van der Waals surface area contributed by atoms with Crippen LogP contribution in [0.5, 0.6) is 0 Å². The van der Waals surface area contributed by atoms with Crippen molar-refractivity contribution in [2.75, 3.05) is 26.8 Å². The van der Waals surface area contributed by atoms with Crippen molar-refractivity contribution in [3.63, 3.8) is 0 Å². The molecule has 1 heterocycles. The summed E-state index contributed by atoms with van der Waals surface area (Å²) in [5.41, 5.74) is 0. The molecule has 0 bridgehead atoms. The fourth-order valence-corrected chi connectivity index (χ4v) is 3.98.